The molecule has 1 aromatic carbocycles. The summed E-state index contributed by atoms with van der Waals surface area (Å²) >= 11 is 0. The SMILES string of the molecule is CN(Cc1ccccc1)S(=O)(=O)c1ccc(CO)o1. The first-order chi connectivity index (χ1) is 9.04. The van der Waals surface area contributed by atoms with Gasteiger partial charge in [-0.05, 0) is 17.7 Å². The Morgan fingerprint density at radius 2 is 1.84 bits per heavy atom. The molecule has 2 aromatic rings. The molecular weight excluding hydrogens is 266 g/mol. The molecule has 0 unspecified atom stereocenters. The largest absolute Gasteiger partial charge is 0.446 e. The van der Waals surface area contributed by atoms with E-state index in [9.17, 15) is 8.42 Å². The fraction of sp³-hybridized carbons (Fsp3) is 0.231. The van der Waals surface area contributed by atoms with Crippen molar-refractivity contribution in [3.63, 3.8) is 0 Å². The van der Waals surface area contributed by atoms with Crippen molar-refractivity contribution in [2.24, 2.45) is 0 Å². The summed E-state index contributed by atoms with van der Waals surface area (Å²) in [4.78, 5) is 0. The normalized spacial score (nSPS) is 11.9. The summed E-state index contributed by atoms with van der Waals surface area (Å²) in [6, 6.07) is 12.1. The predicted octanol–water partition coefficient (Wildman–Crippen LogP) is 1.59. The highest BCUT2D eigenvalue weighted by Gasteiger charge is 2.24. The zero-order valence-corrected chi connectivity index (χ0v) is 11.3. The molecule has 1 heterocycles. The van der Waals surface area contributed by atoms with Crippen molar-refractivity contribution in [1.82, 2.24) is 4.31 Å². The Morgan fingerprint density at radius 3 is 2.42 bits per heavy atom. The molecule has 1 N–H and O–H groups in total. The Hall–Kier alpha value is -1.63. The van der Waals surface area contributed by atoms with Crippen molar-refractivity contribution in [3.8, 4) is 0 Å². The third kappa shape index (κ3) is 3.04. The van der Waals surface area contributed by atoms with Gasteiger partial charge in [-0.1, -0.05) is 30.3 Å². The fourth-order valence-corrected chi connectivity index (χ4v) is 2.74. The lowest BCUT2D eigenvalue weighted by Gasteiger charge is -2.15. The smallest absolute Gasteiger partial charge is 0.276 e. The first kappa shape index (κ1) is 13.8. The van der Waals surface area contributed by atoms with Gasteiger partial charge >= 0.3 is 0 Å². The van der Waals surface area contributed by atoms with Crippen molar-refractivity contribution < 1.29 is 17.9 Å². The van der Waals surface area contributed by atoms with Gasteiger partial charge in [0, 0.05) is 13.6 Å². The maximum absolute atomic E-state index is 12.2. The second-order valence-corrected chi connectivity index (χ2v) is 6.10. The summed E-state index contributed by atoms with van der Waals surface area (Å²) in [7, 11) is -2.18. The average Bonchev–Trinajstić information content (AvgIpc) is 2.89. The van der Waals surface area contributed by atoms with E-state index in [0.717, 1.165) is 5.56 Å². The molecule has 0 spiro atoms. The molecule has 1 aromatic heterocycles. The topological polar surface area (TPSA) is 70.8 Å². The summed E-state index contributed by atoms with van der Waals surface area (Å²) in [6.45, 7) is -0.0593. The molecule has 0 aliphatic heterocycles. The van der Waals surface area contributed by atoms with Crippen molar-refractivity contribution in [2.75, 3.05) is 7.05 Å². The van der Waals surface area contributed by atoms with Crippen molar-refractivity contribution in [1.29, 1.82) is 0 Å². The van der Waals surface area contributed by atoms with E-state index in [1.54, 1.807) is 0 Å². The molecule has 5 nitrogen and oxygen atoms in total. The summed E-state index contributed by atoms with van der Waals surface area (Å²) in [5, 5.41) is 8.73. The lowest BCUT2D eigenvalue weighted by molar-refractivity contribution is 0.235. The number of benzene rings is 1. The zero-order chi connectivity index (χ0) is 13.9. The molecule has 0 saturated carbocycles. The molecule has 0 atom stereocenters. The minimum Gasteiger partial charge on any atom is -0.446 e. The number of hydrogen-bond acceptors (Lipinski definition) is 4. The monoisotopic (exact) mass is 281 g/mol. The van der Waals surface area contributed by atoms with Gasteiger partial charge in [0.15, 0.2) is 0 Å². The van der Waals surface area contributed by atoms with E-state index >= 15 is 0 Å². The number of nitrogens with zero attached hydrogens (tertiary/aromatic N) is 1. The second-order valence-electron chi connectivity index (χ2n) is 4.13. The summed E-state index contributed by atoms with van der Waals surface area (Å²) in [5.41, 5.74) is 0.891. The molecule has 6 heteroatoms. The Morgan fingerprint density at radius 1 is 1.16 bits per heavy atom. The van der Waals surface area contributed by atoms with Gasteiger partial charge in [-0.2, -0.15) is 4.31 Å². The Bertz CT molecular complexity index is 634. The fourth-order valence-electron chi connectivity index (χ4n) is 1.66. The van der Waals surface area contributed by atoms with Crippen molar-refractivity contribution in [3.05, 3.63) is 53.8 Å². The van der Waals surface area contributed by atoms with Crippen LogP contribution in [0, 0.1) is 0 Å². The van der Waals surface area contributed by atoms with Crippen LogP contribution in [0.25, 0.3) is 0 Å². The number of hydrogen-bond donors (Lipinski definition) is 1. The summed E-state index contributed by atoms with van der Waals surface area (Å²) < 4.78 is 30.7. The van der Waals surface area contributed by atoms with Crippen molar-refractivity contribution >= 4 is 10.0 Å². The van der Waals surface area contributed by atoms with Gasteiger partial charge in [0.25, 0.3) is 10.0 Å². The standard InChI is InChI=1S/C13H15NO4S/c1-14(9-11-5-3-2-4-6-11)19(16,17)13-8-7-12(10-15)18-13/h2-8,15H,9-10H2,1H3. The third-order valence-corrected chi connectivity index (χ3v) is 4.38. The quantitative estimate of drug-likeness (QED) is 0.903. The number of rotatable bonds is 5. The van der Waals surface area contributed by atoms with Gasteiger partial charge in [0.05, 0.1) is 0 Å². The first-order valence-corrected chi connectivity index (χ1v) is 7.18. The lowest BCUT2D eigenvalue weighted by Crippen LogP contribution is -2.26. The van der Waals surface area contributed by atoms with Crippen LogP contribution in [0.2, 0.25) is 0 Å². The van der Waals surface area contributed by atoms with Gasteiger partial charge in [0.2, 0.25) is 5.09 Å². The Balaban J connectivity index is 2.19. The number of aliphatic hydroxyl groups is 1. The highest BCUT2D eigenvalue weighted by atomic mass is 32.2. The zero-order valence-electron chi connectivity index (χ0n) is 10.5. The van der Waals surface area contributed by atoms with E-state index in [-0.39, 0.29) is 24.0 Å². The van der Waals surface area contributed by atoms with Crippen LogP contribution in [0.1, 0.15) is 11.3 Å². The molecular formula is C13H15NO4S. The van der Waals surface area contributed by atoms with E-state index in [1.165, 1.54) is 23.5 Å². The lowest BCUT2D eigenvalue weighted by atomic mass is 10.2. The third-order valence-electron chi connectivity index (χ3n) is 2.71. The van der Waals surface area contributed by atoms with Gasteiger partial charge in [-0.25, -0.2) is 8.42 Å². The van der Waals surface area contributed by atoms with E-state index < -0.39 is 10.0 Å². The molecule has 0 amide bonds. The first-order valence-electron chi connectivity index (χ1n) is 5.74. The molecule has 19 heavy (non-hydrogen) atoms. The van der Waals surface area contributed by atoms with Crippen LogP contribution in [0.5, 0.6) is 0 Å². The molecule has 0 fully saturated rings. The Labute approximate surface area is 112 Å². The molecule has 0 aliphatic rings. The van der Waals surface area contributed by atoms with Gasteiger partial charge in [0.1, 0.15) is 12.4 Å². The van der Waals surface area contributed by atoms with Crippen molar-refractivity contribution in [2.45, 2.75) is 18.2 Å². The predicted molar refractivity (Wildman–Crippen MR) is 69.7 cm³/mol. The molecule has 0 radical (unpaired) electrons. The molecule has 102 valence electrons. The van der Waals surface area contributed by atoms with Crippen LogP contribution in [0.15, 0.2) is 52.0 Å². The summed E-state index contributed by atoms with van der Waals surface area (Å²) in [6.07, 6.45) is 0. The van der Waals surface area contributed by atoms with Crippen LogP contribution in [-0.4, -0.2) is 24.9 Å². The van der Waals surface area contributed by atoms with Crippen LogP contribution < -0.4 is 0 Å². The summed E-state index contributed by atoms with van der Waals surface area (Å²) in [5.74, 6) is 0.228. The van der Waals surface area contributed by atoms with Crippen LogP contribution in [0.3, 0.4) is 0 Å². The van der Waals surface area contributed by atoms with E-state index in [4.69, 9.17) is 9.52 Å². The molecule has 0 bridgehead atoms. The average molecular weight is 281 g/mol. The second kappa shape index (κ2) is 5.56. The maximum Gasteiger partial charge on any atom is 0.276 e. The van der Waals surface area contributed by atoms with Crippen LogP contribution in [0.4, 0.5) is 0 Å². The van der Waals surface area contributed by atoms with Crippen LogP contribution in [-0.2, 0) is 23.2 Å². The van der Waals surface area contributed by atoms with E-state index in [1.807, 2.05) is 30.3 Å². The Kier molecular flexibility index (Phi) is 4.04. The van der Waals surface area contributed by atoms with E-state index in [0.29, 0.717) is 0 Å². The number of sulfonamides is 1. The maximum atomic E-state index is 12.2. The highest BCUT2D eigenvalue weighted by Crippen LogP contribution is 2.19. The highest BCUT2D eigenvalue weighted by molar-refractivity contribution is 7.88. The number of aliphatic hydroxyl groups excluding tert-OH is 1. The van der Waals surface area contributed by atoms with Crippen LogP contribution >= 0.6 is 0 Å². The molecule has 0 saturated heterocycles. The van der Waals surface area contributed by atoms with E-state index in [2.05, 4.69) is 0 Å². The minimum atomic E-state index is -3.67. The number of furan rings is 1. The molecule has 0 aliphatic carbocycles. The molecule has 2 rings (SSSR count). The van der Waals surface area contributed by atoms with Gasteiger partial charge in [-0.3, -0.25) is 0 Å². The minimum absolute atomic E-state index is 0.157. The van der Waals surface area contributed by atoms with Gasteiger partial charge in [-0.15, -0.1) is 0 Å². The van der Waals surface area contributed by atoms with Gasteiger partial charge < -0.3 is 9.52 Å².